The summed E-state index contributed by atoms with van der Waals surface area (Å²) in [5, 5.41) is 8.46. The molecule has 0 saturated carbocycles. The van der Waals surface area contributed by atoms with E-state index in [1.807, 2.05) is 11.8 Å². The van der Waals surface area contributed by atoms with Crippen LogP contribution < -0.4 is 0 Å². The normalized spacial score (nSPS) is 20.8. The van der Waals surface area contributed by atoms with Gasteiger partial charge in [0.05, 0.1) is 0 Å². The minimum atomic E-state index is -0.642. The monoisotopic (exact) mass is 160 g/mol. The fourth-order valence-corrected chi connectivity index (χ4v) is 2.40. The molecule has 0 unspecified atom stereocenters. The lowest BCUT2D eigenvalue weighted by atomic mass is 9.99. The molecular formula is C7H12O2S. The van der Waals surface area contributed by atoms with Gasteiger partial charge in [-0.3, -0.25) is 4.79 Å². The smallest absolute Gasteiger partial charge is 0.303 e. The minimum absolute atomic E-state index is 0.376. The van der Waals surface area contributed by atoms with E-state index in [1.165, 1.54) is 0 Å². The molecule has 1 aliphatic rings. The van der Waals surface area contributed by atoms with E-state index in [1.54, 1.807) is 0 Å². The van der Waals surface area contributed by atoms with Crippen LogP contribution in [0.3, 0.4) is 0 Å². The van der Waals surface area contributed by atoms with Crippen LogP contribution in [0.2, 0.25) is 0 Å². The molecule has 10 heavy (non-hydrogen) atoms. The molecule has 3 heteroatoms. The first kappa shape index (κ1) is 7.92. The van der Waals surface area contributed by atoms with Gasteiger partial charge in [-0.25, -0.2) is 0 Å². The third kappa shape index (κ3) is 2.60. The van der Waals surface area contributed by atoms with Gasteiger partial charge in [0.25, 0.3) is 0 Å². The summed E-state index contributed by atoms with van der Waals surface area (Å²) >= 11 is 1.93. The molecular weight excluding hydrogens is 148 g/mol. The van der Waals surface area contributed by atoms with Crippen molar-refractivity contribution in [1.82, 2.24) is 0 Å². The SMILES string of the molecule is O=C(O)CC1CCSCC1. The van der Waals surface area contributed by atoms with Gasteiger partial charge in [0.2, 0.25) is 0 Å². The van der Waals surface area contributed by atoms with E-state index in [-0.39, 0.29) is 0 Å². The first-order valence-corrected chi connectivity index (χ1v) is 4.74. The summed E-state index contributed by atoms with van der Waals surface area (Å²) in [4.78, 5) is 10.3. The Kier molecular flexibility index (Phi) is 3.06. The van der Waals surface area contributed by atoms with Crippen molar-refractivity contribution in [2.24, 2.45) is 5.92 Å². The molecule has 1 saturated heterocycles. The maximum Gasteiger partial charge on any atom is 0.303 e. The fourth-order valence-electron chi connectivity index (χ4n) is 1.20. The van der Waals surface area contributed by atoms with E-state index < -0.39 is 5.97 Å². The first-order chi connectivity index (χ1) is 4.79. The van der Waals surface area contributed by atoms with Crippen molar-refractivity contribution in [2.75, 3.05) is 11.5 Å². The van der Waals surface area contributed by atoms with Crippen LogP contribution in [0.15, 0.2) is 0 Å². The largest absolute Gasteiger partial charge is 0.481 e. The maximum absolute atomic E-state index is 10.3. The van der Waals surface area contributed by atoms with Gasteiger partial charge in [-0.05, 0) is 30.3 Å². The molecule has 0 aromatic rings. The number of carboxylic acids is 1. The Morgan fingerprint density at radius 3 is 2.60 bits per heavy atom. The van der Waals surface area contributed by atoms with Crippen LogP contribution >= 0.6 is 11.8 Å². The highest BCUT2D eigenvalue weighted by atomic mass is 32.2. The second kappa shape index (κ2) is 3.86. The number of rotatable bonds is 2. The number of carboxylic acid groups (broad SMARTS) is 1. The average molecular weight is 160 g/mol. The second-order valence-corrected chi connectivity index (χ2v) is 3.88. The van der Waals surface area contributed by atoms with Crippen molar-refractivity contribution in [2.45, 2.75) is 19.3 Å². The fraction of sp³-hybridized carbons (Fsp3) is 0.857. The minimum Gasteiger partial charge on any atom is -0.481 e. The highest BCUT2D eigenvalue weighted by Gasteiger charge is 2.15. The van der Waals surface area contributed by atoms with Crippen molar-refractivity contribution < 1.29 is 9.90 Å². The van der Waals surface area contributed by atoms with Gasteiger partial charge >= 0.3 is 5.97 Å². The molecule has 0 atom stereocenters. The quantitative estimate of drug-likeness (QED) is 0.666. The highest BCUT2D eigenvalue weighted by Crippen LogP contribution is 2.24. The Hall–Kier alpha value is -0.180. The van der Waals surface area contributed by atoms with Gasteiger partial charge in [0.1, 0.15) is 0 Å². The summed E-state index contributed by atoms with van der Waals surface area (Å²) < 4.78 is 0. The Morgan fingerprint density at radius 2 is 2.10 bits per heavy atom. The van der Waals surface area contributed by atoms with Crippen molar-refractivity contribution in [3.05, 3.63) is 0 Å². The van der Waals surface area contributed by atoms with Crippen LogP contribution in [0.4, 0.5) is 0 Å². The van der Waals surface area contributed by atoms with Crippen molar-refractivity contribution in [3.8, 4) is 0 Å². The summed E-state index contributed by atoms with van der Waals surface area (Å²) in [6, 6.07) is 0. The Labute approximate surface area is 65.0 Å². The molecule has 0 aromatic heterocycles. The number of hydrogen-bond donors (Lipinski definition) is 1. The third-order valence-corrected chi connectivity index (χ3v) is 2.85. The van der Waals surface area contributed by atoms with Crippen molar-refractivity contribution in [1.29, 1.82) is 0 Å². The summed E-state index contributed by atoms with van der Waals surface area (Å²) in [5.41, 5.74) is 0. The zero-order chi connectivity index (χ0) is 7.40. The summed E-state index contributed by atoms with van der Waals surface area (Å²) in [7, 11) is 0. The Balaban J connectivity index is 2.19. The molecule has 0 spiro atoms. The van der Waals surface area contributed by atoms with E-state index in [0.717, 1.165) is 24.3 Å². The number of carbonyl (C=O) groups is 1. The van der Waals surface area contributed by atoms with E-state index >= 15 is 0 Å². The number of thioether (sulfide) groups is 1. The van der Waals surface area contributed by atoms with Gasteiger partial charge in [0.15, 0.2) is 0 Å². The zero-order valence-corrected chi connectivity index (χ0v) is 6.69. The first-order valence-electron chi connectivity index (χ1n) is 3.58. The predicted molar refractivity (Wildman–Crippen MR) is 42.3 cm³/mol. The van der Waals surface area contributed by atoms with Crippen LogP contribution in [-0.2, 0) is 4.79 Å². The van der Waals surface area contributed by atoms with E-state index in [2.05, 4.69) is 0 Å². The summed E-state index contributed by atoms with van der Waals surface area (Å²) in [6.45, 7) is 0. The number of hydrogen-bond acceptors (Lipinski definition) is 2. The molecule has 0 amide bonds. The Bertz CT molecular complexity index is 119. The van der Waals surface area contributed by atoms with Gasteiger partial charge < -0.3 is 5.11 Å². The third-order valence-electron chi connectivity index (χ3n) is 1.80. The standard InChI is InChI=1S/C7H12O2S/c8-7(9)5-6-1-3-10-4-2-6/h6H,1-5H2,(H,8,9). The van der Waals surface area contributed by atoms with Gasteiger partial charge in [0, 0.05) is 6.42 Å². The van der Waals surface area contributed by atoms with Crippen LogP contribution in [0.1, 0.15) is 19.3 Å². The van der Waals surface area contributed by atoms with Gasteiger partial charge in [-0.2, -0.15) is 11.8 Å². The number of aliphatic carboxylic acids is 1. The average Bonchev–Trinajstić information content (AvgIpc) is 1.88. The van der Waals surface area contributed by atoms with Crippen LogP contribution in [0.25, 0.3) is 0 Å². The lowest BCUT2D eigenvalue weighted by Gasteiger charge is -2.18. The molecule has 1 rings (SSSR count). The molecule has 1 aliphatic heterocycles. The molecule has 1 N–H and O–H groups in total. The maximum atomic E-state index is 10.3. The molecule has 0 bridgehead atoms. The lowest BCUT2D eigenvalue weighted by Crippen LogP contribution is -2.13. The summed E-state index contributed by atoms with van der Waals surface area (Å²) in [5.74, 6) is 2.12. The molecule has 0 aliphatic carbocycles. The zero-order valence-electron chi connectivity index (χ0n) is 5.88. The van der Waals surface area contributed by atoms with E-state index in [0.29, 0.717) is 12.3 Å². The predicted octanol–water partition coefficient (Wildman–Crippen LogP) is 1.60. The summed E-state index contributed by atoms with van der Waals surface area (Å²) in [6.07, 6.45) is 2.56. The highest BCUT2D eigenvalue weighted by molar-refractivity contribution is 7.99. The lowest BCUT2D eigenvalue weighted by molar-refractivity contribution is -0.138. The Morgan fingerprint density at radius 1 is 1.50 bits per heavy atom. The van der Waals surface area contributed by atoms with Crippen molar-refractivity contribution in [3.63, 3.8) is 0 Å². The van der Waals surface area contributed by atoms with Gasteiger partial charge in [-0.1, -0.05) is 0 Å². The van der Waals surface area contributed by atoms with Gasteiger partial charge in [-0.15, -0.1) is 0 Å². The van der Waals surface area contributed by atoms with Crippen molar-refractivity contribution >= 4 is 17.7 Å². The second-order valence-electron chi connectivity index (χ2n) is 2.65. The molecule has 0 radical (unpaired) electrons. The van der Waals surface area contributed by atoms with E-state index in [9.17, 15) is 4.79 Å². The van der Waals surface area contributed by atoms with Crippen LogP contribution in [0.5, 0.6) is 0 Å². The van der Waals surface area contributed by atoms with Crippen LogP contribution in [-0.4, -0.2) is 22.6 Å². The molecule has 1 heterocycles. The molecule has 1 fully saturated rings. The molecule has 0 aromatic carbocycles. The molecule has 2 nitrogen and oxygen atoms in total. The van der Waals surface area contributed by atoms with Crippen LogP contribution in [0, 0.1) is 5.92 Å². The van der Waals surface area contributed by atoms with E-state index in [4.69, 9.17) is 5.11 Å². The topological polar surface area (TPSA) is 37.3 Å². The molecule has 58 valence electrons.